The molecular weight excluding hydrogens is 715 g/mol. The number of methoxy groups -OCH3 is 1. The molecule has 2 bridgehead atoms. The van der Waals surface area contributed by atoms with Gasteiger partial charge in [-0.15, -0.1) is 0 Å². The Balaban J connectivity index is 1.21. The molecule has 0 radical (unpaired) electrons. The molecule has 2 aliphatic heterocycles. The number of sulfonamides is 1. The van der Waals surface area contributed by atoms with E-state index in [-0.39, 0.29) is 37.3 Å². The van der Waals surface area contributed by atoms with E-state index in [2.05, 4.69) is 15.4 Å². The van der Waals surface area contributed by atoms with E-state index in [0.29, 0.717) is 37.2 Å². The van der Waals surface area contributed by atoms with Gasteiger partial charge in [-0.25, -0.2) is 18.2 Å². The zero-order chi connectivity index (χ0) is 38.6. The van der Waals surface area contributed by atoms with Crippen molar-refractivity contribution >= 4 is 44.7 Å². The molecule has 7 atom stereocenters. The second-order valence-electron chi connectivity index (χ2n) is 16.9. The van der Waals surface area contributed by atoms with Crippen LogP contribution in [0.25, 0.3) is 10.9 Å². The highest BCUT2D eigenvalue weighted by molar-refractivity contribution is 7.91. The van der Waals surface area contributed by atoms with E-state index in [4.69, 9.17) is 19.2 Å². The Hall–Kier alpha value is -4.14. The number of hydrogen-bond donors (Lipinski definition) is 3. The molecule has 7 rings (SSSR count). The second-order valence-corrected chi connectivity index (χ2v) is 18.9. The second kappa shape index (κ2) is 14.5. The molecule has 1 aromatic carbocycles. The average molecular weight is 768 g/mol. The third-order valence-corrected chi connectivity index (χ3v) is 13.5. The fraction of sp³-hybridized carbons (Fsp3) is 0.667. The molecule has 3 aliphatic carbocycles. The van der Waals surface area contributed by atoms with Crippen LogP contribution < -0.4 is 24.8 Å². The number of nitrogens with zero attached hydrogens (tertiary/aromatic N) is 2. The van der Waals surface area contributed by atoms with E-state index in [1.165, 1.54) is 4.90 Å². The Morgan fingerprint density at radius 1 is 1.07 bits per heavy atom. The summed E-state index contributed by atoms with van der Waals surface area (Å²) in [6.45, 7) is 7.39. The van der Waals surface area contributed by atoms with Crippen molar-refractivity contribution in [1.29, 1.82) is 0 Å². The van der Waals surface area contributed by atoms with E-state index < -0.39 is 68.2 Å². The zero-order valence-electron chi connectivity index (χ0n) is 31.8. The van der Waals surface area contributed by atoms with Gasteiger partial charge in [0.05, 0.1) is 30.1 Å². The quantitative estimate of drug-likeness (QED) is 0.371. The number of carbonyl (C=O) groups is 4. The molecule has 2 aromatic rings. The predicted octanol–water partition coefficient (Wildman–Crippen LogP) is 4.13. The first kappa shape index (κ1) is 38.1. The molecule has 15 heteroatoms. The number of ether oxygens (including phenoxy) is 3. The number of aryl methyl sites for hydroxylation is 1. The molecule has 1 saturated heterocycles. The lowest BCUT2D eigenvalue weighted by Crippen LogP contribution is -2.60. The Labute approximate surface area is 316 Å². The minimum Gasteiger partial charge on any atom is -0.497 e. The SMILES string of the molecule is CC[C@@H]1C[C@]1(NC(=O)[C@@H]1CC2CN1C(=O)[C@H](C(C)(C)C)NC(=O)O[C@H]1C[C@@H]1CCCCCc1nc3ccc(OC)cc3cc1O2)C(=O)NS(=O)(=O)C1CC1. The highest BCUT2D eigenvalue weighted by atomic mass is 32.2. The van der Waals surface area contributed by atoms with Gasteiger partial charge < -0.3 is 29.7 Å². The summed E-state index contributed by atoms with van der Waals surface area (Å²) in [5, 5.41) is 5.93. The zero-order valence-corrected chi connectivity index (χ0v) is 32.6. The molecule has 3 saturated carbocycles. The van der Waals surface area contributed by atoms with Crippen molar-refractivity contribution in [3.8, 4) is 11.5 Å². The molecule has 0 spiro atoms. The van der Waals surface area contributed by atoms with Gasteiger partial charge in [0.2, 0.25) is 21.8 Å². The van der Waals surface area contributed by atoms with Crippen LogP contribution in [0.4, 0.5) is 4.79 Å². The summed E-state index contributed by atoms with van der Waals surface area (Å²) in [4.78, 5) is 62.2. The number of rotatable bonds is 7. The van der Waals surface area contributed by atoms with Gasteiger partial charge in [0.25, 0.3) is 5.91 Å². The number of alkyl carbamates (subject to hydrolysis) is 1. The number of pyridine rings is 1. The van der Waals surface area contributed by atoms with Gasteiger partial charge in [-0.05, 0) is 86.5 Å². The molecule has 294 valence electrons. The van der Waals surface area contributed by atoms with E-state index in [1.807, 2.05) is 52.0 Å². The predicted molar refractivity (Wildman–Crippen MR) is 199 cm³/mol. The number of amides is 4. The maximum atomic E-state index is 14.6. The van der Waals surface area contributed by atoms with Crippen molar-refractivity contribution in [2.24, 2.45) is 17.3 Å². The van der Waals surface area contributed by atoms with Gasteiger partial charge in [-0.2, -0.15) is 0 Å². The van der Waals surface area contributed by atoms with Crippen LogP contribution in [0.2, 0.25) is 0 Å². The summed E-state index contributed by atoms with van der Waals surface area (Å²) in [7, 11) is -2.26. The molecular formula is C39H53N5O9S. The van der Waals surface area contributed by atoms with Crippen LogP contribution in [0.15, 0.2) is 24.3 Å². The van der Waals surface area contributed by atoms with E-state index in [0.717, 1.165) is 48.7 Å². The van der Waals surface area contributed by atoms with Gasteiger partial charge >= 0.3 is 6.09 Å². The van der Waals surface area contributed by atoms with Crippen LogP contribution in [0.5, 0.6) is 11.5 Å². The number of benzene rings is 1. The Morgan fingerprint density at radius 3 is 2.54 bits per heavy atom. The summed E-state index contributed by atoms with van der Waals surface area (Å²) >= 11 is 0. The summed E-state index contributed by atoms with van der Waals surface area (Å²) < 4.78 is 45.7. The maximum absolute atomic E-state index is 14.6. The average Bonchev–Trinajstić information content (AvgIpc) is 4.04. The fourth-order valence-corrected chi connectivity index (χ4v) is 9.44. The third kappa shape index (κ3) is 7.97. The fourth-order valence-electron chi connectivity index (χ4n) is 8.08. The molecule has 54 heavy (non-hydrogen) atoms. The Kier molecular flexibility index (Phi) is 10.2. The summed E-state index contributed by atoms with van der Waals surface area (Å²) in [5.74, 6) is -0.605. The molecule has 3 heterocycles. The Bertz CT molecular complexity index is 1930. The minimum atomic E-state index is -3.86. The lowest BCUT2D eigenvalue weighted by atomic mass is 9.85. The van der Waals surface area contributed by atoms with Gasteiger partial charge in [0.15, 0.2) is 0 Å². The largest absolute Gasteiger partial charge is 0.497 e. The van der Waals surface area contributed by atoms with Crippen LogP contribution in [0, 0.1) is 17.3 Å². The van der Waals surface area contributed by atoms with Crippen molar-refractivity contribution in [2.45, 2.75) is 133 Å². The van der Waals surface area contributed by atoms with Gasteiger partial charge in [-0.3, -0.25) is 19.1 Å². The highest BCUT2D eigenvalue weighted by Crippen LogP contribution is 2.47. The van der Waals surface area contributed by atoms with Crippen molar-refractivity contribution in [3.05, 3.63) is 30.0 Å². The first-order valence-electron chi connectivity index (χ1n) is 19.4. The monoisotopic (exact) mass is 767 g/mol. The minimum absolute atomic E-state index is 0.0208. The van der Waals surface area contributed by atoms with Crippen LogP contribution in [0.1, 0.15) is 97.6 Å². The van der Waals surface area contributed by atoms with Gasteiger partial charge in [0, 0.05) is 11.8 Å². The Morgan fingerprint density at radius 2 is 1.85 bits per heavy atom. The van der Waals surface area contributed by atoms with Gasteiger partial charge in [0.1, 0.15) is 41.3 Å². The van der Waals surface area contributed by atoms with Crippen molar-refractivity contribution in [3.63, 3.8) is 0 Å². The summed E-state index contributed by atoms with van der Waals surface area (Å²) in [6, 6.07) is 5.46. The topological polar surface area (TPSA) is 182 Å². The molecule has 4 amide bonds. The van der Waals surface area contributed by atoms with Crippen molar-refractivity contribution in [1.82, 2.24) is 25.2 Å². The van der Waals surface area contributed by atoms with Crippen LogP contribution in [-0.2, 0) is 35.6 Å². The number of hydrogen-bond acceptors (Lipinski definition) is 10. The number of fused-ring (bicyclic) bond motifs is 5. The first-order chi connectivity index (χ1) is 25.6. The summed E-state index contributed by atoms with van der Waals surface area (Å²) in [5.41, 5.74) is -0.613. The van der Waals surface area contributed by atoms with E-state index in [1.54, 1.807) is 7.11 Å². The lowest BCUT2D eigenvalue weighted by molar-refractivity contribution is -0.143. The van der Waals surface area contributed by atoms with Gasteiger partial charge in [-0.1, -0.05) is 47.0 Å². The molecule has 3 N–H and O–H groups in total. The number of carbonyl (C=O) groups excluding carboxylic acids is 4. The lowest BCUT2D eigenvalue weighted by Gasteiger charge is -2.35. The molecule has 1 aromatic heterocycles. The van der Waals surface area contributed by atoms with Crippen LogP contribution in [0.3, 0.4) is 0 Å². The normalized spacial score (nSPS) is 30.4. The molecule has 5 aliphatic rings. The first-order valence-corrected chi connectivity index (χ1v) is 21.0. The molecule has 1 unspecified atom stereocenters. The van der Waals surface area contributed by atoms with E-state index >= 15 is 0 Å². The smallest absolute Gasteiger partial charge is 0.408 e. The number of aromatic nitrogens is 1. The van der Waals surface area contributed by atoms with Crippen LogP contribution >= 0.6 is 0 Å². The van der Waals surface area contributed by atoms with Crippen LogP contribution in [-0.4, -0.2) is 90.9 Å². The standard InChI is InChI=1S/C39H53N5O9S/c1-6-24-20-39(24,36(47)43-54(49,50)27-13-14-27)42-34(45)30-19-26-21-44(30)35(46)33(38(2,3)4)41-37(48)53-31-17-22(31)10-8-7-9-11-29-32(52-26)18-23-16-25(51-5)12-15-28(23)40-29/h12,15-16,18,22,24,26-27,30-31,33H,6-11,13-14,17,19-21H2,1-5H3,(H,41,48)(H,42,45)(H,43,47)/t22-,24+,26?,30-,31-,33+,39+/m0/s1. The molecule has 4 fully saturated rings. The van der Waals surface area contributed by atoms with Crippen molar-refractivity contribution < 1.29 is 41.8 Å². The number of nitrogens with one attached hydrogen (secondary N) is 3. The highest BCUT2D eigenvalue weighted by Gasteiger charge is 2.62. The summed E-state index contributed by atoms with van der Waals surface area (Å²) in [6.07, 6.45) is 5.55. The third-order valence-electron chi connectivity index (χ3n) is 11.7. The maximum Gasteiger partial charge on any atom is 0.408 e. The van der Waals surface area contributed by atoms with Crippen molar-refractivity contribution in [2.75, 3.05) is 13.7 Å². The molecule has 14 nitrogen and oxygen atoms in total. The van der Waals surface area contributed by atoms with E-state index in [9.17, 15) is 27.6 Å².